The van der Waals surface area contributed by atoms with Crippen molar-refractivity contribution in [3.8, 4) is 0 Å². The first-order valence-electron chi connectivity index (χ1n) is 4.29. The molecular weight excluding hydrogens is 198 g/mol. The van der Waals surface area contributed by atoms with E-state index in [0.29, 0.717) is 11.5 Å². The lowest BCUT2D eigenvalue weighted by Gasteiger charge is -2.07. The first-order chi connectivity index (χ1) is 7.16. The molecule has 0 aliphatic rings. The normalized spacial score (nSPS) is 12.6. The molecule has 2 rings (SSSR count). The summed E-state index contributed by atoms with van der Waals surface area (Å²) in [6.45, 7) is 0. The molecule has 0 bridgehead atoms. The van der Waals surface area contributed by atoms with Gasteiger partial charge in [0, 0.05) is 11.8 Å². The SMILES string of the molecule is NC(c1cc(=O)[nH]c(=O)[nH]1)c1ccco1. The van der Waals surface area contributed by atoms with Crippen LogP contribution in [0, 0.1) is 0 Å². The van der Waals surface area contributed by atoms with Gasteiger partial charge in [-0.1, -0.05) is 0 Å². The van der Waals surface area contributed by atoms with Gasteiger partial charge in [0.25, 0.3) is 5.56 Å². The third-order valence-electron chi connectivity index (χ3n) is 1.97. The van der Waals surface area contributed by atoms with E-state index in [0.717, 1.165) is 0 Å². The van der Waals surface area contributed by atoms with Gasteiger partial charge >= 0.3 is 5.69 Å². The molecule has 1 atom stereocenters. The molecule has 2 aromatic heterocycles. The van der Waals surface area contributed by atoms with Gasteiger partial charge in [0.15, 0.2) is 0 Å². The summed E-state index contributed by atoms with van der Waals surface area (Å²) in [7, 11) is 0. The molecule has 15 heavy (non-hydrogen) atoms. The monoisotopic (exact) mass is 207 g/mol. The van der Waals surface area contributed by atoms with Gasteiger partial charge in [0.05, 0.1) is 6.26 Å². The Balaban J connectivity index is 2.46. The van der Waals surface area contributed by atoms with E-state index < -0.39 is 17.3 Å². The van der Waals surface area contributed by atoms with Gasteiger partial charge in [-0.15, -0.1) is 0 Å². The standard InChI is InChI=1S/C9H9N3O3/c10-8(6-2-1-3-15-6)5-4-7(13)12-9(14)11-5/h1-4,8H,10H2,(H2,11,12,13,14). The van der Waals surface area contributed by atoms with Crippen LogP contribution in [0.1, 0.15) is 17.5 Å². The van der Waals surface area contributed by atoms with Crippen molar-refractivity contribution in [3.63, 3.8) is 0 Å². The lowest BCUT2D eigenvalue weighted by atomic mass is 10.1. The Morgan fingerprint density at radius 2 is 2.13 bits per heavy atom. The summed E-state index contributed by atoms with van der Waals surface area (Å²) >= 11 is 0. The molecule has 1 unspecified atom stereocenters. The quantitative estimate of drug-likeness (QED) is 0.628. The van der Waals surface area contributed by atoms with Crippen molar-refractivity contribution in [1.29, 1.82) is 0 Å². The number of hydrogen-bond acceptors (Lipinski definition) is 4. The van der Waals surface area contributed by atoms with Crippen molar-refractivity contribution in [2.24, 2.45) is 5.73 Å². The minimum atomic E-state index is -0.644. The number of nitrogens with two attached hydrogens (primary N) is 1. The van der Waals surface area contributed by atoms with E-state index in [-0.39, 0.29) is 0 Å². The van der Waals surface area contributed by atoms with Crippen LogP contribution >= 0.6 is 0 Å². The summed E-state index contributed by atoms with van der Waals surface area (Å²) in [5.41, 5.74) is 5.03. The molecule has 0 amide bonds. The van der Waals surface area contributed by atoms with E-state index >= 15 is 0 Å². The third-order valence-corrected chi connectivity index (χ3v) is 1.97. The van der Waals surface area contributed by atoms with Gasteiger partial charge < -0.3 is 15.1 Å². The number of furan rings is 1. The van der Waals surface area contributed by atoms with Gasteiger partial charge in [-0.2, -0.15) is 0 Å². The van der Waals surface area contributed by atoms with Crippen LogP contribution in [-0.4, -0.2) is 9.97 Å². The highest BCUT2D eigenvalue weighted by molar-refractivity contribution is 5.17. The third kappa shape index (κ3) is 1.89. The number of rotatable bonds is 2. The van der Waals surface area contributed by atoms with Crippen LogP contribution in [0.2, 0.25) is 0 Å². The number of H-pyrrole nitrogens is 2. The zero-order valence-electron chi connectivity index (χ0n) is 7.69. The largest absolute Gasteiger partial charge is 0.467 e. The molecule has 78 valence electrons. The minimum absolute atomic E-state index is 0.318. The summed E-state index contributed by atoms with van der Waals surface area (Å²) in [5, 5.41) is 0. The second-order valence-electron chi connectivity index (χ2n) is 3.04. The zero-order valence-corrected chi connectivity index (χ0v) is 7.69. The van der Waals surface area contributed by atoms with Crippen LogP contribution in [-0.2, 0) is 0 Å². The molecule has 6 nitrogen and oxygen atoms in total. The molecule has 0 saturated carbocycles. The Hall–Kier alpha value is -2.08. The Morgan fingerprint density at radius 3 is 2.73 bits per heavy atom. The summed E-state index contributed by atoms with van der Waals surface area (Å²) in [4.78, 5) is 26.5. The van der Waals surface area contributed by atoms with Crippen LogP contribution in [0.15, 0.2) is 38.5 Å². The second kappa shape index (κ2) is 3.58. The van der Waals surface area contributed by atoms with E-state index in [1.807, 2.05) is 0 Å². The molecule has 2 heterocycles. The first-order valence-corrected chi connectivity index (χ1v) is 4.29. The molecule has 0 radical (unpaired) electrons. The summed E-state index contributed by atoms with van der Waals surface area (Å²) in [5.74, 6) is 0.483. The van der Waals surface area contributed by atoms with E-state index in [2.05, 4.69) is 9.97 Å². The zero-order chi connectivity index (χ0) is 10.8. The summed E-state index contributed by atoms with van der Waals surface area (Å²) in [6, 6.07) is 3.94. The number of nitrogens with one attached hydrogen (secondary N) is 2. The summed E-state index contributed by atoms with van der Waals surface area (Å²) in [6.07, 6.45) is 1.47. The maximum Gasteiger partial charge on any atom is 0.325 e. The average molecular weight is 207 g/mol. The number of hydrogen-bond donors (Lipinski definition) is 3. The second-order valence-corrected chi connectivity index (χ2v) is 3.04. The van der Waals surface area contributed by atoms with Crippen molar-refractivity contribution in [2.45, 2.75) is 6.04 Å². The number of aromatic nitrogens is 2. The smallest absolute Gasteiger partial charge is 0.325 e. The van der Waals surface area contributed by atoms with E-state index in [1.54, 1.807) is 12.1 Å². The molecule has 0 spiro atoms. The molecule has 0 fully saturated rings. The van der Waals surface area contributed by atoms with Crippen molar-refractivity contribution in [1.82, 2.24) is 9.97 Å². The van der Waals surface area contributed by atoms with Gasteiger partial charge in [-0.25, -0.2) is 4.79 Å². The molecule has 2 aromatic rings. The van der Waals surface area contributed by atoms with Gasteiger partial charge in [0.2, 0.25) is 0 Å². The molecule has 0 aliphatic carbocycles. The van der Waals surface area contributed by atoms with Crippen LogP contribution in [0.5, 0.6) is 0 Å². The van der Waals surface area contributed by atoms with Crippen molar-refractivity contribution in [3.05, 3.63) is 56.8 Å². The fraction of sp³-hybridized carbons (Fsp3) is 0.111. The van der Waals surface area contributed by atoms with Gasteiger partial charge in [-0.05, 0) is 12.1 Å². The minimum Gasteiger partial charge on any atom is -0.467 e. The summed E-state index contributed by atoms with van der Waals surface area (Å²) < 4.78 is 5.07. The number of aromatic amines is 2. The predicted octanol–water partition coefficient (Wildman–Crippen LogP) is -0.296. The Morgan fingerprint density at radius 1 is 1.33 bits per heavy atom. The van der Waals surface area contributed by atoms with E-state index in [4.69, 9.17) is 10.2 Å². The molecular formula is C9H9N3O3. The van der Waals surface area contributed by atoms with Crippen LogP contribution in [0.3, 0.4) is 0 Å². The van der Waals surface area contributed by atoms with Gasteiger partial charge in [-0.3, -0.25) is 9.78 Å². The predicted molar refractivity (Wildman–Crippen MR) is 52.4 cm³/mol. The molecule has 6 heteroatoms. The van der Waals surface area contributed by atoms with Crippen molar-refractivity contribution < 1.29 is 4.42 Å². The fourth-order valence-electron chi connectivity index (χ4n) is 1.28. The Bertz CT molecular complexity index is 524. The van der Waals surface area contributed by atoms with Crippen LogP contribution < -0.4 is 17.0 Å². The average Bonchev–Trinajstić information content (AvgIpc) is 2.67. The van der Waals surface area contributed by atoms with Crippen LogP contribution in [0.4, 0.5) is 0 Å². The maximum absolute atomic E-state index is 11.0. The Kier molecular flexibility index (Phi) is 2.26. The molecule has 0 saturated heterocycles. The topological polar surface area (TPSA) is 105 Å². The molecule has 0 aliphatic heterocycles. The molecule has 4 N–H and O–H groups in total. The van der Waals surface area contributed by atoms with Crippen molar-refractivity contribution in [2.75, 3.05) is 0 Å². The first kappa shape index (κ1) is 9.47. The van der Waals surface area contributed by atoms with E-state index in [9.17, 15) is 9.59 Å². The maximum atomic E-state index is 11.0. The van der Waals surface area contributed by atoms with Crippen molar-refractivity contribution >= 4 is 0 Å². The van der Waals surface area contributed by atoms with Crippen LogP contribution in [0.25, 0.3) is 0 Å². The Labute approximate surface area is 83.7 Å². The fourth-order valence-corrected chi connectivity index (χ4v) is 1.28. The highest BCUT2D eigenvalue weighted by atomic mass is 16.3. The highest BCUT2D eigenvalue weighted by Gasteiger charge is 2.12. The van der Waals surface area contributed by atoms with E-state index in [1.165, 1.54) is 12.3 Å². The lowest BCUT2D eigenvalue weighted by Crippen LogP contribution is -2.26. The lowest BCUT2D eigenvalue weighted by molar-refractivity contribution is 0.485. The molecule has 0 aromatic carbocycles. The highest BCUT2D eigenvalue weighted by Crippen LogP contribution is 2.15. The van der Waals surface area contributed by atoms with Gasteiger partial charge in [0.1, 0.15) is 11.8 Å².